The molecule has 0 nitrogen and oxygen atoms in total. The van der Waals surface area contributed by atoms with Crippen molar-refractivity contribution in [2.75, 3.05) is 0 Å². The minimum Gasteiger partial charge on any atom is -0.358 e. The van der Waals surface area contributed by atoms with Crippen LogP contribution in [0.2, 0.25) is 0 Å². The molecule has 0 atom stereocenters. The van der Waals surface area contributed by atoms with Crippen LogP contribution in [0, 0.1) is 44.6 Å². The molecule has 3 aromatic rings. The minimum absolute atomic E-state index is 0. The zero-order chi connectivity index (χ0) is 12.9. The standard InChI is InChI=1S/C18H14S.CH3.U/c1-4-10-16(11-5-1)19(17-12-6-2-7-13-17)18-14-8-3-9-15-18;;/h1-2,4-15H;1H3;/q;-1;+2. The molecule has 0 amide bonds. The first-order chi connectivity index (χ1) is 9.45. The first-order valence-corrected chi connectivity index (χ1v) is 7.48. The second kappa shape index (κ2) is 9.16. The van der Waals surface area contributed by atoms with Crippen molar-refractivity contribution in [1.82, 2.24) is 0 Å². The van der Waals surface area contributed by atoms with Crippen LogP contribution in [0.5, 0.6) is 0 Å². The van der Waals surface area contributed by atoms with E-state index in [1.165, 1.54) is 14.7 Å². The third-order valence-corrected chi connectivity index (χ3v) is 5.11. The number of hydrogen-bond acceptors (Lipinski definition) is 0. The van der Waals surface area contributed by atoms with Gasteiger partial charge in [-0.05, 0) is 24.3 Å². The van der Waals surface area contributed by atoms with Gasteiger partial charge in [-0.1, -0.05) is 36.4 Å². The molecule has 0 saturated carbocycles. The minimum atomic E-state index is -0.0346. The first kappa shape index (κ1) is 18.1. The average Bonchev–Trinajstić information content (AvgIpc) is 2.51. The predicted molar refractivity (Wildman–Crippen MR) is 86.7 cm³/mol. The van der Waals surface area contributed by atoms with Gasteiger partial charge < -0.3 is 7.43 Å². The predicted octanol–water partition coefficient (Wildman–Crippen LogP) is 5.03. The molecule has 0 fully saturated rings. The van der Waals surface area contributed by atoms with Gasteiger partial charge in [0.15, 0.2) is 9.79 Å². The van der Waals surface area contributed by atoms with Crippen molar-refractivity contribution in [3.8, 4) is 0 Å². The van der Waals surface area contributed by atoms with Gasteiger partial charge in [0.25, 0.3) is 0 Å². The summed E-state index contributed by atoms with van der Waals surface area (Å²) in [6.07, 6.45) is 0. The van der Waals surface area contributed by atoms with E-state index in [0.29, 0.717) is 0 Å². The van der Waals surface area contributed by atoms with Crippen LogP contribution in [0.4, 0.5) is 0 Å². The Morgan fingerprint density at radius 2 is 0.952 bits per heavy atom. The van der Waals surface area contributed by atoms with Crippen molar-refractivity contribution >= 4 is 10.9 Å². The Bertz CT molecular complexity index is 530. The van der Waals surface area contributed by atoms with Gasteiger partial charge in [-0.25, -0.2) is 0 Å². The Hall–Kier alpha value is -0.938. The van der Waals surface area contributed by atoms with Gasteiger partial charge in [0, 0.05) is 0 Å². The van der Waals surface area contributed by atoms with Crippen LogP contribution in [0.15, 0.2) is 99.6 Å². The fourth-order valence-electron chi connectivity index (χ4n) is 2.03. The van der Waals surface area contributed by atoms with Gasteiger partial charge in [0.1, 0.15) is 0 Å². The quantitative estimate of drug-likeness (QED) is 0.339. The van der Waals surface area contributed by atoms with Gasteiger partial charge >= 0.3 is 31.1 Å². The van der Waals surface area contributed by atoms with Crippen LogP contribution in [-0.2, 0) is 10.9 Å². The molecule has 0 aromatic heterocycles. The summed E-state index contributed by atoms with van der Waals surface area (Å²) in [7, 11) is -0.0346. The summed E-state index contributed by atoms with van der Waals surface area (Å²) in [6, 6.07) is 32.7. The zero-order valence-electron chi connectivity index (χ0n) is 12.0. The fraction of sp³-hybridized carbons (Fsp3) is 0. The molecule has 0 spiro atoms. The van der Waals surface area contributed by atoms with Crippen LogP contribution in [0.3, 0.4) is 0 Å². The molecule has 0 bridgehead atoms. The summed E-state index contributed by atoms with van der Waals surface area (Å²) in [6.45, 7) is 0. The van der Waals surface area contributed by atoms with Crippen molar-refractivity contribution in [2.45, 2.75) is 14.7 Å². The van der Waals surface area contributed by atoms with Gasteiger partial charge in [0.05, 0.1) is 15.8 Å². The second-order valence-corrected chi connectivity index (χ2v) is 6.19. The molecule has 21 heavy (non-hydrogen) atoms. The van der Waals surface area contributed by atoms with Crippen molar-refractivity contribution in [2.24, 2.45) is 0 Å². The topological polar surface area (TPSA) is 0 Å². The zero-order valence-corrected chi connectivity index (χ0v) is 17.0. The number of benzene rings is 3. The van der Waals surface area contributed by atoms with Gasteiger partial charge in [-0.2, -0.15) is 18.2 Å². The molecular weight excluding hydrogens is 498 g/mol. The summed E-state index contributed by atoms with van der Waals surface area (Å²) in [5, 5.41) is 0. The summed E-state index contributed by atoms with van der Waals surface area (Å²) >= 11 is 0. The summed E-state index contributed by atoms with van der Waals surface area (Å²) < 4.78 is 0. The van der Waals surface area contributed by atoms with E-state index >= 15 is 0 Å². The van der Waals surface area contributed by atoms with E-state index in [9.17, 15) is 0 Å². The normalized spacial score (nSPS) is 9.57. The van der Waals surface area contributed by atoms with Crippen LogP contribution < -0.4 is 0 Å². The molecule has 3 rings (SSSR count). The Labute approximate surface area is 154 Å². The van der Waals surface area contributed by atoms with E-state index < -0.39 is 0 Å². The SMILES string of the molecule is [CH3-].[U+2].[c-]1ccc([S+](c2ccccc2)c2ccccc2)cc1. The van der Waals surface area contributed by atoms with E-state index in [4.69, 9.17) is 0 Å². The third-order valence-electron chi connectivity index (χ3n) is 2.88. The average molecular weight is 515 g/mol. The summed E-state index contributed by atoms with van der Waals surface area (Å²) in [5.41, 5.74) is 0. The molecule has 0 aliphatic rings. The molecule has 0 aliphatic carbocycles. The Balaban J connectivity index is 0.00000110. The van der Waals surface area contributed by atoms with E-state index in [0.717, 1.165) is 0 Å². The van der Waals surface area contributed by atoms with Gasteiger partial charge in [-0.3, -0.25) is 0 Å². The van der Waals surface area contributed by atoms with E-state index in [2.05, 4.69) is 78.9 Å². The Kier molecular flexibility index (Phi) is 7.90. The van der Waals surface area contributed by atoms with E-state index in [-0.39, 0.29) is 49.4 Å². The van der Waals surface area contributed by atoms with Crippen molar-refractivity contribution in [3.63, 3.8) is 0 Å². The molecular formula is C19H17SU+. The molecule has 2 heteroatoms. The molecule has 0 radical (unpaired) electrons. The number of rotatable bonds is 3. The molecule has 0 N–H and O–H groups in total. The van der Waals surface area contributed by atoms with Crippen molar-refractivity contribution < 1.29 is 31.1 Å². The second-order valence-electron chi connectivity index (χ2n) is 4.17. The monoisotopic (exact) mass is 515 g/mol. The largest absolute Gasteiger partial charge is 2.00 e. The van der Waals surface area contributed by atoms with Crippen LogP contribution in [-0.4, -0.2) is 0 Å². The summed E-state index contributed by atoms with van der Waals surface area (Å²) in [4.78, 5) is 4.02. The maximum atomic E-state index is 3.10. The van der Waals surface area contributed by atoms with E-state index in [1.54, 1.807) is 0 Å². The molecule has 0 aliphatic heterocycles. The molecule has 0 heterocycles. The van der Waals surface area contributed by atoms with E-state index in [1.807, 2.05) is 12.1 Å². The Morgan fingerprint density at radius 3 is 1.38 bits per heavy atom. The molecule has 102 valence electrons. The fourth-order valence-corrected chi connectivity index (χ4v) is 4.11. The van der Waals surface area contributed by atoms with Crippen molar-refractivity contribution in [1.29, 1.82) is 0 Å². The maximum Gasteiger partial charge on any atom is 2.00 e. The number of hydrogen-bond donors (Lipinski definition) is 0. The smallest absolute Gasteiger partial charge is 0.358 e. The van der Waals surface area contributed by atoms with Crippen LogP contribution >= 0.6 is 0 Å². The maximum absolute atomic E-state index is 3.10. The summed E-state index contributed by atoms with van der Waals surface area (Å²) in [5.74, 6) is 0. The first-order valence-electron chi connectivity index (χ1n) is 6.26. The van der Waals surface area contributed by atoms with Crippen LogP contribution in [0.1, 0.15) is 0 Å². The van der Waals surface area contributed by atoms with Crippen molar-refractivity contribution in [3.05, 3.63) is 98.4 Å². The Morgan fingerprint density at radius 1 is 0.571 bits per heavy atom. The van der Waals surface area contributed by atoms with Crippen LogP contribution in [0.25, 0.3) is 0 Å². The third kappa shape index (κ3) is 4.51. The van der Waals surface area contributed by atoms with Gasteiger partial charge in [-0.15, -0.1) is 12.1 Å². The molecule has 0 saturated heterocycles. The molecule has 0 unspecified atom stereocenters. The van der Waals surface area contributed by atoms with Gasteiger partial charge in [0.2, 0.25) is 0 Å². The molecule has 3 aromatic carbocycles.